The van der Waals surface area contributed by atoms with Crippen LogP contribution in [0.5, 0.6) is 5.75 Å². The number of halogens is 1. The fourth-order valence-electron chi connectivity index (χ4n) is 3.76. The van der Waals surface area contributed by atoms with Gasteiger partial charge in [-0.1, -0.05) is 53.2 Å². The zero-order chi connectivity index (χ0) is 27.7. The molecule has 2 amide bonds. The molecule has 0 saturated heterocycles. The summed E-state index contributed by atoms with van der Waals surface area (Å²) in [6.07, 6.45) is 0.750. The largest absolute Gasteiger partial charge is 0.497 e. The number of rotatable bonds is 12. The summed E-state index contributed by atoms with van der Waals surface area (Å²) in [5, 5.41) is 2.83. The van der Waals surface area contributed by atoms with E-state index in [4.69, 9.17) is 4.74 Å². The van der Waals surface area contributed by atoms with Crippen LogP contribution in [0.25, 0.3) is 0 Å². The van der Waals surface area contributed by atoms with E-state index < -0.39 is 28.5 Å². The van der Waals surface area contributed by atoms with Crippen molar-refractivity contribution in [3.63, 3.8) is 0 Å². The third kappa shape index (κ3) is 7.35. The first-order chi connectivity index (χ1) is 18.2. The fraction of sp³-hybridized carbons (Fsp3) is 0.286. The summed E-state index contributed by atoms with van der Waals surface area (Å²) in [6, 6.07) is 21.0. The number of sulfonamides is 1. The van der Waals surface area contributed by atoms with Gasteiger partial charge in [0.15, 0.2) is 0 Å². The number of ether oxygens (including phenoxy) is 1. The molecule has 3 aromatic rings. The van der Waals surface area contributed by atoms with Gasteiger partial charge in [-0.25, -0.2) is 8.42 Å². The topological polar surface area (TPSA) is 96.0 Å². The van der Waals surface area contributed by atoms with E-state index in [1.54, 1.807) is 49.4 Å². The molecule has 202 valence electrons. The van der Waals surface area contributed by atoms with E-state index in [1.165, 1.54) is 24.1 Å². The maximum absolute atomic E-state index is 13.8. The average Bonchev–Trinajstić information content (AvgIpc) is 2.94. The highest BCUT2D eigenvalue weighted by Gasteiger charge is 2.32. The Morgan fingerprint density at radius 1 is 0.974 bits per heavy atom. The summed E-state index contributed by atoms with van der Waals surface area (Å²) >= 11 is 3.41. The van der Waals surface area contributed by atoms with Crippen LogP contribution in [0.1, 0.15) is 25.8 Å². The summed E-state index contributed by atoms with van der Waals surface area (Å²) < 4.78 is 34.6. The minimum absolute atomic E-state index is 0.0526. The third-order valence-electron chi connectivity index (χ3n) is 5.95. The molecule has 10 heteroatoms. The van der Waals surface area contributed by atoms with Gasteiger partial charge in [0.1, 0.15) is 18.3 Å². The second-order valence-corrected chi connectivity index (χ2v) is 11.4. The Balaban J connectivity index is 2.00. The number of nitrogens with one attached hydrogen (secondary N) is 1. The van der Waals surface area contributed by atoms with Crippen molar-refractivity contribution in [1.82, 2.24) is 10.2 Å². The molecule has 8 nitrogen and oxygen atoms in total. The summed E-state index contributed by atoms with van der Waals surface area (Å²) in [4.78, 5) is 28.2. The highest BCUT2D eigenvalue weighted by molar-refractivity contribution is 9.10. The summed E-state index contributed by atoms with van der Waals surface area (Å²) in [5.41, 5.74) is 1.10. The third-order valence-corrected chi connectivity index (χ3v) is 8.27. The molecule has 0 heterocycles. The Morgan fingerprint density at radius 2 is 1.61 bits per heavy atom. The van der Waals surface area contributed by atoms with Crippen molar-refractivity contribution in [2.24, 2.45) is 0 Å². The molecule has 0 spiro atoms. The van der Waals surface area contributed by atoms with Crippen molar-refractivity contribution in [3.8, 4) is 5.75 Å². The highest BCUT2D eigenvalue weighted by Crippen LogP contribution is 2.26. The predicted molar refractivity (Wildman–Crippen MR) is 151 cm³/mol. The zero-order valence-electron chi connectivity index (χ0n) is 21.6. The van der Waals surface area contributed by atoms with Gasteiger partial charge < -0.3 is 15.0 Å². The van der Waals surface area contributed by atoms with E-state index in [9.17, 15) is 18.0 Å². The highest BCUT2D eigenvalue weighted by atomic mass is 79.9. The quantitative estimate of drug-likeness (QED) is 0.327. The van der Waals surface area contributed by atoms with Gasteiger partial charge in [-0.15, -0.1) is 0 Å². The molecule has 38 heavy (non-hydrogen) atoms. The number of benzene rings is 3. The monoisotopic (exact) mass is 601 g/mol. The molecule has 0 aliphatic rings. The Hall–Kier alpha value is -3.37. The van der Waals surface area contributed by atoms with Crippen molar-refractivity contribution in [2.45, 2.75) is 37.8 Å². The summed E-state index contributed by atoms with van der Waals surface area (Å²) in [6.45, 7) is 3.70. The van der Waals surface area contributed by atoms with Gasteiger partial charge in [-0.3, -0.25) is 13.9 Å². The number of methoxy groups -OCH3 is 1. The number of anilines is 1. The van der Waals surface area contributed by atoms with Crippen molar-refractivity contribution in [1.29, 1.82) is 0 Å². The Morgan fingerprint density at radius 3 is 2.18 bits per heavy atom. The van der Waals surface area contributed by atoms with E-state index in [2.05, 4.69) is 21.2 Å². The van der Waals surface area contributed by atoms with E-state index in [0.717, 1.165) is 20.8 Å². The Labute approximate surface area is 232 Å². The van der Waals surface area contributed by atoms with Crippen LogP contribution >= 0.6 is 15.9 Å². The lowest BCUT2D eigenvalue weighted by atomic mass is 10.1. The Bertz CT molecular complexity index is 1320. The van der Waals surface area contributed by atoms with Crippen LogP contribution in [0, 0.1) is 0 Å². The SMILES string of the molecule is CCCNC(=O)[C@@H](C)N(Cc1ccc(Br)cc1)C(=O)CN(c1ccc(OC)cc1)S(=O)(=O)c1ccccc1. The molecule has 0 saturated carbocycles. The Kier molecular flexibility index (Phi) is 10.3. The maximum atomic E-state index is 13.8. The minimum Gasteiger partial charge on any atom is -0.497 e. The molecular formula is C28H32BrN3O5S. The van der Waals surface area contributed by atoms with Crippen molar-refractivity contribution in [2.75, 3.05) is 24.5 Å². The van der Waals surface area contributed by atoms with E-state index in [1.807, 2.05) is 31.2 Å². The molecule has 0 bridgehead atoms. The second-order valence-electron chi connectivity index (χ2n) is 8.64. The lowest BCUT2D eigenvalue weighted by Crippen LogP contribution is -2.51. The first-order valence-electron chi connectivity index (χ1n) is 12.2. The van der Waals surface area contributed by atoms with E-state index >= 15 is 0 Å². The summed E-state index contributed by atoms with van der Waals surface area (Å²) in [5.74, 6) is -0.267. The lowest BCUT2D eigenvalue weighted by Gasteiger charge is -2.32. The number of nitrogens with zero attached hydrogens (tertiary/aromatic N) is 2. The predicted octanol–water partition coefficient (Wildman–Crippen LogP) is 4.60. The van der Waals surface area contributed by atoms with Gasteiger partial charge in [-0.05, 0) is 67.4 Å². The van der Waals surface area contributed by atoms with Crippen LogP contribution < -0.4 is 14.4 Å². The number of carbonyl (C=O) groups is 2. The van der Waals surface area contributed by atoms with Crippen LogP contribution in [0.3, 0.4) is 0 Å². The number of hydrogen-bond donors (Lipinski definition) is 1. The fourth-order valence-corrected chi connectivity index (χ4v) is 5.46. The molecule has 1 atom stereocenters. The van der Waals surface area contributed by atoms with Gasteiger partial charge in [0, 0.05) is 17.6 Å². The van der Waals surface area contributed by atoms with Crippen LogP contribution in [0.15, 0.2) is 88.2 Å². The maximum Gasteiger partial charge on any atom is 0.264 e. The zero-order valence-corrected chi connectivity index (χ0v) is 24.0. The van der Waals surface area contributed by atoms with Gasteiger partial charge in [-0.2, -0.15) is 0 Å². The van der Waals surface area contributed by atoms with Crippen LogP contribution in [-0.2, 0) is 26.2 Å². The molecule has 3 aromatic carbocycles. The molecule has 0 aromatic heterocycles. The van der Waals surface area contributed by atoms with Gasteiger partial charge in [0.2, 0.25) is 11.8 Å². The van der Waals surface area contributed by atoms with Gasteiger partial charge in [0.25, 0.3) is 10.0 Å². The van der Waals surface area contributed by atoms with E-state index in [-0.39, 0.29) is 17.3 Å². The molecule has 0 fully saturated rings. The average molecular weight is 603 g/mol. The van der Waals surface area contributed by atoms with Crippen LogP contribution in [-0.4, -0.2) is 51.4 Å². The standard InChI is InChI=1S/C28H32BrN3O5S/c1-4-18-30-28(34)21(2)31(19-22-10-12-23(29)13-11-22)27(33)20-32(24-14-16-25(37-3)17-15-24)38(35,36)26-8-6-5-7-9-26/h5-17,21H,4,18-20H2,1-3H3,(H,30,34)/t21-/m1/s1. The second kappa shape index (κ2) is 13.4. The number of hydrogen-bond acceptors (Lipinski definition) is 5. The van der Waals surface area contributed by atoms with Crippen LogP contribution in [0.2, 0.25) is 0 Å². The molecular weight excluding hydrogens is 570 g/mol. The van der Waals surface area contributed by atoms with Crippen molar-refractivity contribution >= 4 is 43.5 Å². The number of carbonyl (C=O) groups excluding carboxylic acids is 2. The first kappa shape index (κ1) is 29.2. The van der Waals surface area contributed by atoms with Crippen molar-refractivity contribution in [3.05, 3.63) is 88.9 Å². The first-order valence-corrected chi connectivity index (χ1v) is 14.4. The summed E-state index contributed by atoms with van der Waals surface area (Å²) in [7, 11) is -2.59. The number of amides is 2. The smallest absolute Gasteiger partial charge is 0.264 e. The normalized spacial score (nSPS) is 11.9. The minimum atomic E-state index is -4.10. The van der Waals surface area contributed by atoms with Gasteiger partial charge in [0.05, 0.1) is 17.7 Å². The van der Waals surface area contributed by atoms with E-state index in [0.29, 0.717) is 18.0 Å². The van der Waals surface area contributed by atoms with Crippen molar-refractivity contribution < 1.29 is 22.7 Å². The molecule has 0 aliphatic carbocycles. The lowest BCUT2D eigenvalue weighted by molar-refractivity contribution is -0.139. The molecule has 0 unspecified atom stereocenters. The van der Waals surface area contributed by atoms with Crippen LogP contribution in [0.4, 0.5) is 5.69 Å². The molecule has 0 radical (unpaired) electrons. The van der Waals surface area contributed by atoms with Gasteiger partial charge >= 0.3 is 0 Å². The molecule has 3 rings (SSSR count). The molecule has 1 N–H and O–H groups in total. The molecule has 0 aliphatic heterocycles.